The van der Waals surface area contributed by atoms with Crippen LogP contribution in [0.15, 0.2) is 0 Å². The standard InChI is InChI=1S/C65H126O17P2/c1-8-11-12-13-14-15-16-17-18-19-24-34-41-48-64(69)81-60(52-75-62(67)46-39-32-23-21-20-22-30-37-44-57(6)9-2)54-79-83(71,72)77-50-59(66)51-78-84(73,74)80-55-61(53-76-63(68)47-40-33-27-25-29-36-43-56(4)5)82-65(70)49-42-35-28-26-31-38-45-58(7)10-3/h56-61,66H,8-55H2,1-7H3,(H,71,72)(H,73,74)/t57?,58?,59-,60-,61-/m1/s1. The molecule has 0 aliphatic carbocycles. The molecular weight excluding hydrogens is 1110 g/mol. The second kappa shape index (κ2) is 56.3. The van der Waals surface area contributed by atoms with E-state index in [1.165, 1.54) is 122 Å². The van der Waals surface area contributed by atoms with Crippen LogP contribution in [0.5, 0.6) is 0 Å². The average molecular weight is 1240 g/mol. The molecule has 84 heavy (non-hydrogen) atoms. The summed E-state index contributed by atoms with van der Waals surface area (Å²) >= 11 is 0. The summed E-state index contributed by atoms with van der Waals surface area (Å²) < 4.78 is 68.0. The highest BCUT2D eigenvalue weighted by Gasteiger charge is 2.30. The number of hydrogen-bond donors (Lipinski definition) is 3. The fourth-order valence-corrected chi connectivity index (χ4v) is 11.2. The normalized spacial score (nSPS) is 15.0. The maximum atomic E-state index is 13.0. The number of rotatable bonds is 63. The maximum Gasteiger partial charge on any atom is 0.472 e. The van der Waals surface area contributed by atoms with Gasteiger partial charge in [-0.3, -0.25) is 37.3 Å². The Morgan fingerprint density at radius 3 is 0.905 bits per heavy atom. The summed E-state index contributed by atoms with van der Waals surface area (Å²) in [6, 6.07) is 0. The van der Waals surface area contributed by atoms with Crippen molar-refractivity contribution in [2.75, 3.05) is 39.6 Å². The zero-order valence-corrected chi connectivity index (χ0v) is 56.1. The molecule has 0 aromatic carbocycles. The van der Waals surface area contributed by atoms with Crippen LogP contribution < -0.4 is 0 Å². The van der Waals surface area contributed by atoms with Gasteiger partial charge in [-0.25, -0.2) is 9.13 Å². The fraction of sp³-hybridized carbons (Fsp3) is 0.938. The van der Waals surface area contributed by atoms with Gasteiger partial charge in [-0.05, 0) is 43.4 Å². The van der Waals surface area contributed by atoms with Crippen LogP contribution in [0.1, 0.15) is 318 Å². The first kappa shape index (κ1) is 82.1. The van der Waals surface area contributed by atoms with Crippen LogP contribution in [0.25, 0.3) is 0 Å². The number of esters is 4. The summed E-state index contributed by atoms with van der Waals surface area (Å²) in [6.45, 7) is 11.7. The molecule has 0 radical (unpaired) electrons. The summed E-state index contributed by atoms with van der Waals surface area (Å²) in [5.74, 6) is 0.0398. The lowest BCUT2D eigenvalue weighted by Crippen LogP contribution is -2.30. The van der Waals surface area contributed by atoms with E-state index in [0.29, 0.717) is 31.6 Å². The Kier molecular flexibility index (Phi) is 55.0. The summed E-state index contributed by atoms with van der Waals surface area (Å²) in [5, 5.41) is 10.5. The topological polar surface area (TPSA) is 237 Å². The number of carbonyl (C=O) groups is 4. The van der Waals surface area contributed by atoms with Gasteiger partial charge < -0.3 is 33.8 Å². The van der Waals surface area contributed by atoms with Gasteiger partial charge in [0, 0.05) is 25.7 Å². The van der Waals surface area contributed by atoms with E-state index in [4.69, 9.17) is 37.0 Å². The smallest absolute Gasteiger partial charge is 0.462 e. The van der Waals surface area contributed by atoms with Crippen LogP contribution in [-0.4, -0.2) is 96.7 Å². The lowest BCUT2D eigenvalue weighted by molar-refractivity contribution is -0.161. The summed E-state index contributed by atoms with van der Waals surface area (Å²) in [7, 11) is -9.89. The lowest BCUT2D eigenvalue weighted by atomic mass is 9.99. The molecule has 0 rings (SSSR count). The molecule has 0 aliphatic heterocycles. The van der Waals surface area contributed by atoms with E-state index >= 15 is 0 Å². The van der Waals surface area contributed by atoms with Gasteiger partial charge in [0.05, 0.1) is 26.4 Å². The Labute approximate surface area is 511 Å². The van der Waals surface area contributed by atoms with E-state index in [9.17, 15) is 43.2 Å². The molecule has 4 unspecified atom stereocenters. The number of phosphoric acid groups is 2. The van der Waals surface area contributed by atoms with Crippen molar-refractivity contribution < 1.29 is 80.2 Å². The van der Waals surface area contributed by atoms with Crippen molar-refractivity contribution in [1.29, 1.82) is 0 Å². The molecule has 0 heterocycles. The van der Waals surface area contributed by atoms with Crippen LogP contribution >= 0.6 is 15.6 Å². The Morgan fingerprint density at radius 1 is 0.345 bits per heavy atom. The van der Waals surface area contributed by atoms with E-state index < -0.39 is 97.5 Å². The van der Waals surface area contributed by atoms with Crippen LogP contribution in [-0.2, 0) is 65.4 Å². The van der Waals surface area contributed by atoms with Gasteiger partial charge in [-0.15, -0.1) is 0 Å². The quantitative estimate of drug-likeness (QED) is 0.0222. The van der Waals surface area contributed by atoms with E-state index in [-0.39, 0.29) is 25.7 Å². The second-order valence-corrected chi connectivity index (χ2v) is 27.4. The Bertz CT molecular complexity index is 1670. The molecule has 0 aliphatic rings. The fourth-order valence-electron chi connectivity index (χ4n) is 9.59. The number of hydrogen-bond acceptors (Lipinski definition) is 15. The molecule has 0 saturated heterocycles. The third-order valence-corrected chi connectivity index (χ3v) is 17.5. The number of ether oxygens (including phenoxy) is 4. The lowest BCUT2D eigenvalue weighted by Gasteiger charge is -2.21. The molecule has 7 atom stereocenters. The van der Waals surface area contributed by atoms with Crippen molar-refractivity contribution in [3.8, 4) is 0 Å². The minimum atomic E-state index is -4.95. The number of unbranched alkanes of at least 4 members (excludes halogenated alkanes) is 29. The highest BCUT2D eigenvalue weighted by molar-refractivity contribution is 7.47. The number of aliphatic hydroxyl groups excluding tert-OH is 1. The minimum Gasteiger partial charge on any atom is -0.462 e. The van der Waals surface area contributed by atoms with E-state index in [1.54, 1.807) is 0 Å². The van der Waals surface area contributed by atoms with Gasteiger partial charge in [-0.1, -0.05) is 267 Å². The average Bonchev–Trinajstić information content (AvgIpc) is 3.46. The first-order chi connectivity index (χ1) is 40.3. The molecule has 0 amide bonds. The SMILES string of the molecule is CCCCCCCCCCCCCCCC(=O)O[C@H](COC(=O)CCCCCCCCCCC(C)CC)COP(=O)(O)OC[C@@H](O)COP(=O)(O)OC[C@@H](COC(=O)CCCCCCCCC(C)C)OC(=O)CCCCCCCCC(C)CC. The van der Waals surface area contributed by atoms with Gasteiger partial charge in [0.2, 0.25) is 0 Å². The highest BCUT2D eigenvalue weighted by atomic mass is 31.2. The molecule has 17 nitrogen and oxygen atoms in total. The molecular formula is C65H126O17P2. The van der Waals surface area contributed by atoms with Gasteiger partial charge in [-0.2, -0.15) is 0 Å². The van der Waals surface area contributed by atoms with Crippen molar-refractivity contribution >= 4 is 39.5 Å². The Balaban J connectivity index is 5.26. The zero-order valence-electron chi connectivity index (χ0n) is 54.4. The number of phosphoric ester groups is 2. The first-order valence-corrected chi connectivity index (χ1v) is 36.9. The molecule has 3 N–H and O–H groups in total. The van der Waals surface area contributed by atoms with Crippen molar-refractivity contribution in [3.63, 3.8) is 0 Å². The third kappa shape index (κ3) is 56.6. The van der Waals surface area contributed by atoms with Crippen molar-refractivity contribution in [1.82, 2.24) is 0 Å². The van der Waals surface area contributed by atoms with Crippen LogP contribution in [0.3, 0.4) is 0 Å². The predicted molar refractivity (Wildman–Crippen MR) is 335 cm³/mol. The van der Waals surface area contributed by atoms with Crippen molar-refractivity contribution in [2.24, 2.45) is 17.8 Å². The molecule has 0 aromatic rings. The zero-order chi connectivity index (χ0) is 62.4. The summed E-state index contributed by atoms with van der Waals surface area (Å²) in [5.41, 5.74) is 0. The Morgan fingerprint density at radius 2 is 0.607 bits per heavy atom. The highest BCUT2D eigenvalue weighted by Crippen LogP contribution is 2.45. The largest absolute Gasteiger partial charge is 0.472 e. The van der Waals surface area contributed by atoms with E-state index in [2.05, 4.69) is 48.5 Å². The van der Waals surface area contributed by atoms with Crippen molar-refractivity contribution in [2.45, 2.75) is 336 Å². The van der Waals surface area contributed by atoms with Gasteiger partial charge in [0.15, 0.2) is 12.2 Å². The minimum absolute atomic E-state index is 0.102. The van der Waals surface area contributed by atoms with Crippen LogP contribution in [0.4, 0.5) is 0 Å². The monoisotopic (exact) mass is 1240 g/mol. The predicted octanol–water partition coefficient (Wildman–Crippen LogP) is 17.9. The molecule has 0 saturated carbocycles. The second-order valence-electron chi connectivity index (χ2n) is 24.5. The molecule has 0 aromatic heterocycles. The summed E-state index contributed by atoms with van der Waals surface area (Å²) in [4.78, 5) is 72.2. The third-order valence-electron chi connectivity index (χ3n) is 15.6. The van der Waals surface area contributed by atoms with E-state index in [0.717, 1.165) is 108 Å². The Hall–Kier alpha value is -1.94. The molecule has 498 valence electrons. The van der Waals surface area contributed by atoms with Gasteiger partial charge >= 0.3 is 39.5 Å². The molecule has 19 heteroatoms. The van der Waals surface area contributed by atoms with Crippen molar-refractivity contribution in [3.05, 3.63) is 0 Å². The number of aliphatic hydroxyl groups is 1. The maximum absolute atomic E-state index is 13.0. The van der Waals surface area contributed by atoms with Gasteiger partial charge in [0.25, 0.3) is 0 Å². The van der Waals surface area contributed by atoms with E-state index in [1.807, 2.05) is 0 Å². The molecule has 0 spiro atoms. The van der Waals surface area contributed by atoms with Crippen LogP contribution in [0.2, 0.25) is 0 Å². The van der Waals surface area contributed by atoms with Gasteiger partial charge in [0.1, 0.15) is 19.3 Å². The molecule has 0 fully saturated rings. The number of carbonyl (C=O) groups excluding carboxylic acids is 4. The first-order valence-electron chi connectivity index (χ1n) is 33.9. The van der Waals surface area contributed by atoms with Crippen LogP contribution in [0, 0.1) is 17.8 Å². The molecule has 0 bridgehead atoms. The summed E-state index contributed by atoms with van der Waals surface area (Å²) in [6.07, 6.45) is 37.6.